The number of nitrogens with zero attached hydrogens (tertiary/aromatic N) is 3. The molecule has 0 aliphatic carbocycles. The van der Waals surface area contributed by atoms with E-state index >= 15 is 0 Å². The first-order valence-electron chi connectivity index (χ1n) is 11.5. The van der Waals surface area contributed by atoms with E-state index in [9.17, 15) is 9.59 Å². The highest BCUT2D eigenvalue weighted by atomic mass is 16.3. The molecule has 4 aromatic rings. The number of anilines is 1. The molecular formula is C28H28N4O3. The van der Waals surface area contributed by atoms with Crippen molar-refractivity contribution in [2.45, 2.75) is 39.3 Å². The maximum atomic E-state index is 13.8. The summed E-state index contributed by atoms with van der Waals surface area (Å²) in [4.78, 5) is 37.0. The van der Waals surface area contributed by atoms with E-state index in [1.165, 1.54) is 35.3 Å². The first-order chi connectivity index (χ1) is 16.9. The third kappa shape index (κ3) is 5.81. The Balaban J connectivity index is 1.73. The van der Waals surface area contributed by atoms with Crippen molar-refractivity contribution in [1.82, 2.24) is 14.9 Å². The van der Waals surface area contributed by atoms with E-state index in [1.807, 2.05) is 55.5 Å². The fourth-order valence-electron chi connectivity index (χ4n) is 3.79. The van der Waals surface area contributed by atoms with E-state index in [4.69, 9.17) is 4.42 Å². The van der Waals surface area contributed by atoms with Gasteiger partial charge in [0.2, 0.25) is 0 Å². The molecule has 2 aromatic carbocycles. The highest BCUT2D eigenvalue weighted by molar-refractivity contribution is 6.00. The van der Waals surface area contributed by atoms with Crippen LogP contribution >= 0.6 is 0 Å². The van der Waals surface area contributed by atoms with E-state index in [1.54, 1.807) is 12.1 Å². The Kier molecular flexibility index (Phi) is 7.35. The number of amides is 2. The van der Waals surface area contributed by atoms with Gasteiger partial charge in [-0.1, -0.05) is 55.8 Å². The van der Waals surface area contributed by atoms with Gasteiger partial charge < -0.3 is 14.6 Å². The number of carbonyl (C=O) groups excluding carboxylic acids is 2. The average molecular weight is 469 g/mol. The van der Waals surface area contributed by atoms with Crippen molar-refractivity contribution in [2.75, 3.05) is 5.32 Å². The SMILES string of the molecule is Cc1ccc([C@H](C(=O)Nc2ccc(C(C)C)cc2)N(Cc2ccco2)C(=O)c2cnccn2)cc1. The molecule has 0 aliphatic heterocycles. The normalized spacial score (nSPS) is 11.8. The fourth-order valence-corrected chi connectivity index (χ4v) is 3.79. The van der Waals surface area contributed by atoms with Crippen molar-refractivity contribution in [3.8, 4) is 0 Å². The summed E-state index contributed by atoms with van der Waals surface area (Å²) in [6, 6.07) is 17.9. The lowest BCUT2D eigenvalue weighted by Gasteiger charge is -2.30. The van der Waals surface area contributed by atoms with Crippen LogP contribution in [0, 0.1) is 6.92 Å². The maximum absolute atomic E-state index is 13.8. The number of furan rings is 1. The third-order valence-corrected chi connectivity index (χ3v) is 5.75. The Morgan fingerprint density at radius 2 is 1.69 bits per heavy atom. The second kappa shape index (κ2) is 10.8. The van der Waals surface area contributed by atoms with Gasteiger partial charge in [0.1, 0.15) is 17.5 Å². The van der Waals surface area contributed by atoms with Crippen LogP contribution in [0.25, 0.3) is 0 Å². The molecule has 0 fully saturated rings. The van der Waals surface area contributed by atoms with Crippen LogP contribution < -0.4 is 5.32 Å². The van der Waals surface area contributed by atoms with Gasteiger partial charge in [-0.15, -0.1) is 0 Å². The molecular weight excluding hydrogens is 440 g/mol. The predicted octanol–water partition coefficient (Wildman–Crippen LogP) is 5.52. The molecule has 2 aromatic heterocycles. The van der Waals surface area contributed by atoms with Crippen LogP contribution in [0.4, 0.5) is 5.69 Å². The molecule has 35 heavy (non-hydrogen) atoms. The van der Waals surface area contributed by atoms with Crippen molar-refractivity contribution in [2.24, 2.45) is 0 Å². The Morgan fingerprint density at radius 3 is 2.29 bits per heavy atom. The summed E-state index contributed by atoms with van der Waals surface area (Å²) in [5, 5.41) is 2.99. The molecule has 4 rings (SSSR count). The van der Waals surface area contributed by atoms with Gasteiger partial charge in [0.05, 0.1) is 19.0 Å². The first-order valence-corrected chi connectivity index (χ1v) is 11.5. The van der Waals surface area contributed by atoms with Crippen molar-refractivity contribution in [3.05, 3.63) is 114 Å². The quantitative estimate of drug-likeness (QED) is 0.368. The summed E-state index contributed by atoms with van der Waals surface area (Å²) in [5.74, 6) is 0.169. The van der Waals surface area contributed by atoms with Gasteiger partial charge >= 0.3 is 0 Å². The maximum Gasteiger partial charge on any atom is 0.275 e. The first kappa shape index (κ1) is 23.9. The number of aryl methyl sites for hydroxylation is 1. The van der Waals surface area contributed by atoms with Gasteiger partial charge in [0.15, 0.2) is 0 Å². The minimum atomic E-state index is -0.931. The molecule has 0 unspecified atom stereocenters. The van der Waals surface area contributed by atoms with Gasteiger partial charge in [-0.3, -0.25) is 14.6 Å². The number of aromatic nitrogens is 2. The van der Waals surface area contributed by atoms with Gasteiger partial charge in [0, 0.05) is 18.1 Å². The number of carbonyl (C=O) groups is 2. The minimum absolute atomic E-state index is 0.0840. The molecule has 0 spiro atoms. The molecule has 0 radical (unpaired) electrons. The van der Waals surface area contributed by atoms with E-state index in [-0.39, 0.29) is 18.1 Å². The van der Waals surface area contributed by atoms with Crippen LogP contribution in [-0.4, -0.2) is 26.7 Å². The molecule has 178 valence electrons. The third-order valence-electron chi connectivity index (χ3n) is 5.75. The van der Waals surface area contributed by atoms with Crippen LogP contribution in [0.5, 0.6) is 0 Å². The standard InChI is InChI=1S/C28H28N4O3/c1-19(2)21-10-12-23(13-11-21)31-27(33)26(22-8-6-20(3)7-9-22)32(18-24-5-4-16-35-24)28(34)25-17-29-14-15-30-25/h4-17,19,26H,18H2,1-3H3,(H,31,33)/t26-/m1/s1. The molecule has 0 aliphatic rings. The van der Waals surface area contributed by atoms with Gasteiger partial charge in [-0.2, -0.15) is 0 Å². The Hall–Kier alpha value is -4.26. The predicted molar refractivity (Wildman–Crippen MR) is 134 cm³/mol. The lowest BCUT2D eigenvalue weighted by atomic mass is 10.0. The number of rotatable bonds is 8. The molecule has 0 bridgehead atoms. The van der Waals surface area contributed by atoms with E-state index in [0.717, 1.165) is 5.56 Å². The van der Waals surface area contributed by atoms with Crippen LogP contribution in [0.15, 0.2) is 89.9 Å². The second-order valence-electron chi connectivity index (χ2n) is 8.68. The molecule has 0 saturated heterocycles. The summed E-state index contributed by atoms with van der Waals surface area (Å²) in [7, 11) is 0. The molecule has 1 atom stereocenters. The molecule has 0 saturated carbocycles. The fraction of sp³-hybridized carbons (Fsp3) is 0.214. The van der Waals surface area contributed by atoms with E-state index in [0.29, 0.717) is 22.9 Å². The summed E-state index contributed by atoms with van der Waals surface area (Å²) in [5.41, 5.74) is 3.70. The van der Waals surface area contributed by atoms with Crippen LogP contribution in [0.3, 0.4) is 0 Å². The topological polar surface area (TPSA) is 88.3 Å². The van der Waals surface area contributed by atoms with Crippen molar-refractivity contribution >= 4 is 17.5 Å². The Labute approximate surface area is 204 Å². The van der Waals surface area contributed by atoms with Crippen molar-refractivity contribution < 1.29 is 14.0 Å². The van der Waals surface area contributed by atoms with Gasteiger partial charge in [0.25, 0.3) is 11.8 Å². The lowest BCUT2D eigenvalue weighted by Crippen LogP contribution is -2.41. The smallest absolute Gasteiger partial charge is 0.275 e. The zero-order valence-corrected chi connectivity index (χ0v) is 20.0. The highest BCUT2D eigenvalue weighted by Gasteiger charge is 2.33. The summed E-state index contributed by atoms with van der Waals surface area (Å²) in [6.45, 7) is 6.29. The molecule has 7 nitrogen and oxygen atoms in total. The summed E-state index contributed by atoms with van der Waals surface area (Å²) in [6.07, 6.45) is 5.89. The monoisotopic (exact) mass is 468 g/mol. The Bertz CT molecular complexity index is 1250. The number of hydrogen-bond donors (Lipinski definition) is 1. The molecule has 2 heterocycles. The molecule has 1 N–H and O–H groups in total. The molecule has 2 amide bonds. The number of nitrogens with one attached hydrogen (secondary N) is 1. The van der Waals surface area contributed by atoms with Gasteiger partial charge in [-0.05, 0) is 48.2 Å². The zero-order valence-electron chi connectivity index (χ0n) is 20.0. The minimum Gasteiger partial charge on any atom is -0.467 e. The summed E-state index contributed by atoms with van der Waals surface area (Å²) < 4.78 is 5.53. The van der Waals surface area contributed by atoms with E-state index < -0.39 is 11.9 Å². The summed E-state index contributed by atoms with van der Waals surface area (Å²) >= 11 is 0. The Morgan fingerprint density at radius 1 is 0.971 bits per heavy atom. The van der Waals surface area contributed by atoms with E-state index in [2.05, 4.69) is 29.1 Å². The van der Waals surface area contributed by atoms with Crippen LogP contribution in [-0.2, 0) is 11.3 Å². The average Bonchev–Trinajstić information content (AvgIpc) is 3.38. The lowest BCUT2D eigenvalue weighted by molar-refractivity contribution is -0.121. The molecule has 7 heteroatoms. The number of benzene rings is 2. The number of hydrogen-bond acceptors (Lipinski definition) is 5. The van der Waals surface area contributed by atoms with Crippen LogP contribution in [0.1, 0.15) is 58.7 Å². The second-order valence-corrected chi connectivity index (χ2v) is 8.68. The van der Waals surface area contributed by atoms with Crippen molar-refractivity contribution in [1.29, 1.82) is 0 Å². The van der Waals surface area contributed by atoms with Gasteiger partial charge in [-0.25, -0.2) is 4.98 Å². The highest BCUT2D eigenvalue weighted by Crippen LogP contribution is 2.28. The largest absolute Gasteiger partial charge is 0.467 e. The zero-order chi connectivity index (χ0) is 24.8. The van der Waals surface area contributed by atoms with Crippen LogP contribution in [0.2, 0.25) is 0 Å². The van der Waals surface area contributed by atoms with Crippen molar-refractivity contribution in [3.63, 3.8) is 0 Å².